The Labute approximate surface area is 109 Å². The number of aromatic nitrogens is 2. The van der Waals surface area contributed by atoms with Gasteiger partial charge in [-0.2, -0.15) is 5.10 Å². The summed E-state index contributed by atoms with van der Waals surface area (Å²) >= 11 is 3.51. The van der Waals surface area contributed by atoms with Gasteiger partial charge in [-0.25, -0.2) is 4.68 Å². The third-order valence-electron chi connectivity index (χ3n) is 3.12. The zero-order valence-corrected chi connectivity index (χ0v) is 11.3. The second kappa shape index (κ2) is 4.18. The van der Waals surface area contributed by atoms with E-state index in [2.05, 4.69) is 51.1 Å². The molecule has 2 aromatic rings. The normalized spacial score (nSPS) is 13.5. The van der Waals surface area contributed by atoms with E-state index in [4.69, 9.17) is 5.10 Å². The standard InChI is InChI=1S/C13H14BrN3/c1-2-17-13-11(6-7-15-13)12(16-17)9-4-3-5-10(14)8-9/h3-5,8,15H,2,6-7H2,1H3. The number of hydrogen-bond donors (Lipinski definition) is 1. The van der Waals surface area contributed by atoms with Crippen LogP contribution in [0.4, 0.5) is 5.82 Å². The molecule has 1 aromatic heterocycles. The van der Waals surface area contributed by atoms with Crippen LogP contribution in [0.2, 0.25) is 0 Å². The Morgan fingerprint density at radius 3 is 3.12 bits per heavy atom. The number of nitrogens with zero attached hydrogens (tertiary/aromatic N) is 2. The van der Waals surface area contributed by atoms with Crippen molar-refractivity contribution in [3.05, 3.63) is 34.3 Å². The van der Waals surface area contributed by atoms with Crippen molar-refractivity contribution < 1.29 is 0 Å². The summed E-state index contributed by atoms with van der Waals surface area (Å²) in [5, 5.41) is 8.11. The highest BCUT2D eigenvalue weighted by Gasteiger charge is 2.22. The first-order chi connectivity index (χ1) is 8.29. The van der Waals surface area contributed by atoms with E-state index in [-0.39, 0.29) is 0 Å². The van der Waals surface area contributed by atoms with Crippen LogP contribution in [0.15, 0.2) is 28.7 Å². The van der Waals surface area contributed by atoms with Crippen molar-refractivity contribution in [2.45, 2.75) is 19.9 Å². The van der Waals surface area contributed by atoms with Gasteiger partial charge in [-0.1, -0.05) is 28.1 Å². The number of rotatable bonds is 2. The molecule has 17 heavy (non-hydrogen) atoms. The lowest BCUT2D eigenvalue weighted by molar-refractivity contribution is 0.668. The van der Waals surface area contributed by atoms with Crippen molar-refractivity contribution in [2.75, 3.05) is 11.9 Å². The minimum absolute atomic E-state index is 0.906. The molecule has 0 unspecified atom stereocenters. The first kappa shape index (κ1) is 10.8. The molecule has 0 amide bonds. The maximum absolute atomic E-state index is 4.70. The fourth-order valence-electron chi connectivity index (χ4n) is 2.34. The van der Waals surface area contributed by atoms with Crippen LogP contribution in [-0.2, 0) is 13.0 Å². The first-order valence-electron chi connectivity index (χ1n) is 5.89. The highest BCUT2D eigenvalue weighted by molar-refractivity contribution is 9.10. The van der Waals surface area contributed by atoms with Gasteiger partial charge in [0.1, 0.15) is 5.82 Å². The van der Waals surface area contributed by atoms with Crippen LogP contribution in [-0.4, -0.2) is 16.3 Å². The van der Waals surface area contributed by atoms with E-state index >= 15 is 0 Å². The number of anilines is 1. The van der Waals surface area contributed by atoms with Gasteiger partial charge in [0.25, 0.3) is 0 Å². The molecule has 1 aliphatic rings. The van der Waals surface area contributed by atoms with Crippen molar-refractivity contribution in [1.82, 2.24) is 9.78 Å². The molecule has 1 N–H and O–H groups in total. The molecule has 0 atom stereocenters. The summed E-state index contributed by atoms with van der Waals surface area (Å²) in [6.45, 7) is 4.05. The van der Waals surface area contributed by atoms with Gasteiger partial charge in [0.15, 0.2) is 0 Å². The van der Waals surface area contributed by atoms with Gasteiger partial charge in [0, 0.05) is 28.7 Å². The lowest BCUT2D eigenvalue weighted by Crippen LogP contribution is -2.04. The van der Waals surface area contributed by atoms with Crippen molar-refractivity contribution in [1.29, 1.82) is 0 Å². The molecular formula is C13H14BrN3. The molecule has 3 rings (SSSR count). The third-order valence-corrected chi connectivity index (χ3v) is 3.61. The lowest BCUT2D eigenvalue weighted by Gasteiger charge is -2.02. The topological polar surface area (TPSA) is 29.9 Å². The molecule has 1 aromatic carbocycles. The third kappa shape index (κ3) is 1.76. The maximum atomic E-state index is 4.70. The van der Waals surface area contributed by atoms with Gasteiger partial charge in [-0.15, -0.1) is 0 Å². The monoisotopic (exact) mass is 291 g/mol. The summed E-state index contributed by atoms with van der Waals surface area (Å²) < 4.78 is 3.15. The number of halogens is 1. The molecular weight excluding hydrogens is 278 g/mol. The fourth-order valence-corrected chi connectivity index (χ4v) is 2.74. The first-order valence-corrected chi connectivity index (χ1v) is 6.68. The molecule has 0 saturated carbocycles. The maximum Gasteiger partial charge on any atom is 0.128 e. The van der Waals surface area contributed by atoms with E-state index < -0.39 is 0 Å². The molecule has 1 aliphatic heterocycles. The highest BCUT2D eigenvalue weighted by Crippen LogP contribution is 2.33. The Morgan fingerprint density at radius 1 is 1.47 bits per heavy atom. The molecule has 4 heteroatoms. The molecule has 2 heterocycles. The summed E-state index contributed by atoms with van der Waals surface area (Å²) in [5.41, 5.74) is 3.66. The van der Waals surface area contributed by atoms with E-state index in [0.717, 1.165) is 29.7 Å². The lowest BCUT2D eigenvalue weighted by atomic mass is 10.1. The summed E-state index contributed by atoms with van der Waals surface area (Å²) in [5.74, 6) is 1.20. The van der Waals surface area contributed by atoms with Crippen molar-refractivity contribution >= 4 is 21.7 Å². The number of benzene rings is 1. The van der Waals surface area contributed by atoms with E-state index in [1.54, 1.807) is 0 Å². The summed E-state index contributed by atoms with van der Waals surface area (Å²) in [4.78, 5) is 0. The summed E-state index contributed by atoms with van der Waals surface area (Å²) in [6, 6.07) is 8.34. The van der Waals surface area contributed by atoms with Crippen LogP contribution in [0.3, 0.4) is 0 Å². The summed E-state index contributed by atoms with van der Waals surface area (Å²) in [7, 11) is 0. The molecule has 88 valence electrons. The van der Waals surface area contributed by atoms with Crippen LogP contribution in [0.5, 0.6) is 0 Å². The quantitative estimate of drug-likeness (QED) is 0.920. The molecule has 0 radical (unpaired) electrons. The van der Waals surface area contributed by atoms with Crippen LogP contribution >= 0.6 is 15.9 Å². The van der Waals surface area contributed by atoms with Crippen LogP contribution < -0.4 is 5.32 Å². The van der Waals surface area contributed by atoms with Gasteiger partial charge in [0.05, 0.1) is 5.69 Å². The predicted molar refractivity (Wildman–Crippen MR) is 73.2 cm³/mol. The zero-order chi connectivity index (χ0) is 11.8. The number of fused-ring (bicyclic) bond motifs is 1. The number of hydrogen-bond acceptors (Lipinski definition) is 2. The van der Waals surface area contributed by atoms with Crippen LogP contribution in [0, 0.1) is 0 Å². The van der Waals surface area contributed by atoms with E-state index in [1.807, 2.05) is 6.07 Å². The number of nitrogens with one attached hydrogen (secondary N) is 1. The Kier molecular flexibility index (Phi) is 2.67. The SMILES string of the molecule is CCn1nc(-c2cccc(Br)c2)c2c1NCC2. The summed E-state index contributed by atoms with van der Waals surface area (Å²) in [6.07, 6.45) is 1.07. The average molecular weight is 292 g/mol. The minimum atomic E-state index is 0.906. The molecule has 3 nitrogen and oxygen atoms in total. The highest BCUT2D eigenvalue weighted by atomic mass is 79.9. The van der Waals surface area contributed by atoms with Crippen molar-refractivity contribution in [3.63, 3.8) is 0 Å². The predicted octanol–water partition coefficient (Wildman–Crippen LogP) is 3.30. The fraction of sp³-hybridized carbons (Fsp3) is 0.308. The van der Waals surface area contributed by atoms with Gasteiger partial charge < -0.3 is 5.32 Å². The van der Waals surface area contributed by atoms with E-state index in [1.165, 1.54) is 16.9 Å². The van der Waals surface area contributed by atoms with Gasteiger partial charge in [-0.05, 0) is 25.5 Å². The Balaban J connectivity index is 2.15. The molecule has 0 saturated heterocycles. The molecule has 0 bridgehead atoms. The van der Waals surface area contributed by atoms with Crippen LogP contribution in [0.1, 0.15) is 12.5 Å². The second-order valence-electron chi connectivity index (χ2n) is 4.18. The second-order valence-corrected chi connectivity index (χ2v) is 5.09. The Bertz CT molecular complexity index is 560. The smallest absolute Gasteiger partial charge is 0.128 e. The zero-order valence-electron chi connectivity index (χ0n) is 9.70. The Hall–Kier alpha value is -1.29. The molecule has 0 aliphatic carbocycles. The molecule has 0 spiro atoms. The van der Waals surface area contributed by atoms with Crippen LogP contribution in [0.25, 0.3) is 11.3 Å². The van der Waals surface area contributed by atoms with Gasteiger partial charge >= 0.3 is 0 Å². The largest absolute Gasteiger partial charge is 0.370 e. The minimum Gasteiger partial charge on any atom is -0.370 e. The van der Waals surface area contributed by atoms with Gasteiger partial charge in [-0.3, -0.25) is 0 Å². The van der Waals surface area contributed by atoms with Crippen molar-refractivity contribution in [2.24, 2.45) is 0 Å². The van der Waals surface area contributed by atoms with E-state index in [9.17, 15) is 0 Å². The van der Waals surface area contributed by atoms with E-state index in [0.29, 0.717) is 0 Å². The van der Waals surface area contributed by atoms with Gasteiger partial charge in [0.2, 0.25) is 0 Å². The average Bonchev–Trinajstić information content (AvgIpc) is 2.89. The Morgan fingerprint density at radius 2 is 2.35 bits per heavy atom. The molecule has 0 fully saturated rings. The number of aryl methyl sites for hydroxylation is 1. The van der Waals surface area contributed by atoms with Crippen molar-refractivity contribution in [3.8, 4) is 11.3 Å².